The van der Waals surface area contributed by atoms with Gasteiger partial charge in [0.2, 0.25) is 6.23 Å². The molecule has 5 heteroatoms. The number of ether oxygens (including phenoxy) is 1. The molecule has 1 aromatic heterocycles. The Balaban J connectivity index is 1.59. The van der Waals surface area contributed by atoms with Crippen molar-refractivity contribution in [2.24, 2.45) is 5.10 Å². The molecule has 0 radical (unpaired) electrons. The predicted molar refractivity (Wildman–Crippen MR) is 97.9 cm³/mol. The smallest absolute Gasteiger partial charge is 0.213 e. The van der Waals surface area contributed by atoms with Crippen LogP contribution >= 0.6 is 0 Å². The van der Waals surface area contributed by atoms with Crippen molar-refractivity contribution < 1.29 is 9.84 Å². The van der Waals surface area contributed by atoms with E-state index in [9.17, 15) is 5.11 Å². The van der Waals surface area contributed by atoms with Gasteiger partial charge in [-0.3, -0.25) is 4.98 Å². The zero-order valence-corrected chi connectivity index (χ0v) is 14.0. The molecule has 2 atom stereocenters. The van der Waals surface area contributed by atoms with E-state index in [-0.39, 0.29) is 18.0 Å². The summed E-state index contributed by atoms with van der Waals surface area (Å²) < 4.78 is 6.29. The summed E-state index contributed by atoms with van der Waals surface area (Å²) >= 11 is 0. The highest BCUT2D eigenvalue weighted by molar-refractivity contribution is 6.02. The summed E-state index contributed by atoms with van der Waals surface area (Å²) in [5.74, 6) is 1.16. The minimum atomic E-state index is -0.285. The van der Waals surface area contributed by atoms with Crippen LogP contribution < -0.4 is 4.74 Å². The van der Waals surface area contributed by atoms with Gasteiger partial charge in [0.1, 0.15) is 11.5 Å². The van der Waals surface area contributed by atoms with Crippen molar-refractivity contribution in [1.82, 2.24) is 9.99 Å². The Labute approximate surface area is 151 Å². The molecule has 5 rings (SSSR count). The number of pyridine rings is 1. The number of aromatic nitrogens is 1. The van der Waals surface area contributed by atoms with E-state index in [4.69, 9.17) is 9.84 Å². The van der Waals surface area contributed by atoms with Gasteiger partial charge in [0, 0.05) is 29.9 Å². The van der Waals surface area contributed by atoms with E-state index < -0.39 is 0 Å². The molecule has 0 spiro atoms. The summed E-state index contributed by atoms with van der Waals surface area (Å²) in [5, 5.41) is 16.5. The number of fused-ring (bicyclic) bond motifs is 3. The first-order chi connectivity index (χ1) is 12.8. The zero-order chi connectivity index (χ0) is 17.5. The highest BCUT2D eigenvalue weighted by atomic mass is 16.5. The van der Waals surface area contributed by atoms with Crippen LogP contribution in [0.4, 0.5) is 0 Å². The van der Waals surface area contributed by atoms with Gasteiger partial charge in [-0.2, -0.15) is 5.10 Å². The van der Waals surface area contributed by atoms with Gasteiger partial charge in [0.25, 0.3) is 0 Å². The lowest BCUT2D eigenvalue weighted by atomic mass is 9.96. The van der Waals surface area contributed by atoms with Crippen molar-refractivity contribution in [2.45, 2.75) is 18.7 Å². The lowest BCUT2D eigenvalue weighted by Gasteiger charge is -2.38. The van der Waals surface area contributed by atoms with Gasteiger partial charge in [-0.25, -0.2) is 5.01 Å². The number of benzene rings is 2. The number of hydrogen-bond donors (Lipinski definition) is 1. The molecule has 0 unspecified atom stereocenters. The largest absolute Gasteiger partial charge is 0.508 e. The van der Waals surface area contributed by atoms with E-state index in [0.717, 1.165) is 34.6 Å². The average molecular weight is 343 g/mol. The third kappa shape index (κ3) is 2.40. The van der Waals surface area contributed by atoms with Gasteiger partial charge in [0.15, 0.2) is 0 Å². The second-order valence-electron chi connectivity index (χ2n) is 6.48. The van der Waals surface area contributed by atoms with E-state index in [1.54, 1.807) is 24.5 Å². The first-order valence-electron chi connectivity index (χ1n) is 8.60. The Hall–Kier alpha value is -3.34. The molecule has 2 aliphatic heterocycles. The maximum Gasteiger partial charge on any atom is 0.213 e. The molecule has 2 aliphatic rings. The molecule has 0 amide bonds. The Morgan fingerprint density at radius 1 is 0.962 bits per heavy atom. The monoisotopic (exact) mass is 343 g/mol. The topological polar surface area (TPSA) is 58.0 Å². The molecule has 2 aromatic carbocycles. The number of hydrazone groups is 1. The molecule has 1 N–H and O–H groups in total. The fourth-order valence-electron chi connectivity index (χ4n) is 3.61. The molecule has 5 nitrogen and oxygen atoms in total. The third-order valence-electron chi connectivity index (χ3n) is 4.89. The van der Waals surface area contributed by atoms with Gasteiger partial charge in [-0.1, -0.05) is 18.2 Å². The fourth-order valence-corrected chi connectivity index (χ4v) is 3.61. The highest BCUT2D eigenvalue weighted by Crippen LogP contribution is 2.47. The number of hydrogen-bond acceptors (Lipinski definition) is 5. The second-order valence-corrected chi connectivity index (χ2v) is 6.48. The average Bonchev–Trinajstić information content (AvgIpc) is 3.14. The van der Waals surface area contributed by atoms with Gasteiger partial charge in [0.05, 0.1) is 11.8 Å². The first kappa shape index (κ1) is 15.0. The lowest BCUT2D eigenvalue weighted by molar-refractivity contribution is -0.0190. The molecular weight excluding hydrogens is 326 g/mol. The van der Waals surface area contributed by atoms with Crippen LogP contribution in [-0.2, 0) is 0 Å². The number of phenols is 1. The molecule has 0 saturated carbocycles. The van der Waals surface area contributed by atoms with Crippen molar-refractivity contribution in [3.05, 3.63) is 89.7 Å². The molecule has 26 heavy (non-hydrogen) atoms. The predicted octanol–water partition coefficient (Wildman–Crippen LogP) is 4.03. The summed E-state index contributed by atoms with van der Waals surface area (Å²) in [6, 6.07) is 19.4. The molecule has 3 aromatic rings. The van der Waals surface area contributed by atoms with Gasteiger partial charge in [-0.05, 0) is 48.0 Å². The highest BCUT2D eigenvalue weighted by Gasteiger charge is 2.40. The van der Waals surface area contributed by atoms with Crippen molar-refractivity contribution in [1.29, 1.82) is 0 Å². The summed E-state index contributed by atoms with van der Waals surface area (Å²) in [6.45, 7) is 0. The van der Waals surface area contributed by atoms with Crippen LogP contribution in [-0.4, -0.2) is 20.8 Å². The van der Waals surface area contributed by atoms with E-state index in [2.05, 4.69) is 11.1 Å². The Bertz CT molecular complexity index is 970. The van der Waals surface area contributed by atoms with Crippen molar-refractivity contribution >= 4 is 5.71 Å². The minimum Gasteiger partial charge on any atom is -0.508 e. The van der Waals surface area contributed by atoms with Crippen LogP contribution in [0.3, 0.4) is 0 Å². The summed E-state index contributed by atoms with van der Waals surface area (Å²) in [5.41, 5.74) is 4.18. The Kier molecular flexibility index (Phi) is 3.38. The van der Waals surface area contributed by atoms with Crippen LogP contribution in [0.25, 0.3) is 0 Å². The second kappa shape index (κ2) is 5.88. The molecule has 0 saturated heterocycles. The lowest BCUT2D eigenvalue weighted by Crippen LogP contribution is -2.33. The van der Waals surface area contributed by atoms with Crippen molar-refractivity contribution in [3.63, 3.8) is 0 Å². The number of nitrogens with zero attached hydrogens (tertiary/aromatic N) is 3. The van der Waals surface area contributed by atoms with E-state index in [1.165, 1.54) is 0 Å². The molecule has 3 heterocycles. The first-order valence-corrected chi connectivity index (χ1v) is 8.60. The maximum atomic E-state index is 9.55. The Morgan fingerprint density at radius 3 is 2.54 bits per heavy atom. The van der Waals surface area contributed by atoms with Crippen LogP contribution in [0, 0.1) is 0 Å². The molecule has 0 aliphatic carbocycles. The molecule has 128 valence electrons. The van der Waals surface area contributed by atoms with Crippen LogP contribution in [0.2, 0.25) is 0 Å². The normalized spacial score (nSPS) is 20.8. The number of phenolic OH excluding ortho intramolecular Hbond substituents is 1. The summed E-state index contributed by atoms with van der Waals surface area (Å²) in [6.07, 6.45) is 4.06. The van der Waals surface area contributed by atoms with Gasteiger partial charge in [-0.15, -0.1) is 0 Å². The van der Waals surface area contributed by atoms with E-state index >= 15 is 0 Å². The third-order valence-corrected chi connectivity index (χ3v) is 4.89. The number of para-hydroxylation sites is 1. The van der Waals surface area contributed by atoms with Crippen LogP contribution in [0.5, 0.6) is 11.5 Å². The van der Waals surface area contributed by atoms with Gasteiger partial charge < -0.3 is 9.84 Å². The van der Waals surface area contributed by atoms with E-state index in [0.29, 0.717) is 0 Å². The standard InChI is InChI=1S/C21H17N3O2/c25-16-7-5-14(6-8-16)18-13-19-17-3-1-2-4-20(17)26-21(24(19)23-18)15-9-11-22-12-10-15/h1-12,19,21,25H,13H2/t19-,21-/m0/s1. The quantitative estimate of drug-likeness (QED) is 0.763. The summed E-state index contributed by atoms with van der Waals surface area (Å²) in [7, 11) is 0. The molecule has 0 fully saturated rings. The number of rotatable bonds is 2. The maximum absolute atomic E-state index is 9.55. The summed E-state index contributed by atoms with van der Waals surface area (Å²) in [4.78, 5) is 4.11. The van der Waals surface area contributed by atoms with E-state index in [1.807, 2.05) is 47.5 Å². The van der Waals surface area contributed by atoms with Crippen molar-refractivity contribution in [3.8, 4) is 11.5 Å². The number of aromatic hydroxyl groups is 1. The Morgan fingerprint density at radius 2 is 1.73 bits per heavy atom. The SMILES string of the molecule is Oc1ccc(C2=NN3[C@@H](C2)c2ccccc2O[C@H]3c2ccncc2)cc1. The van der Waals surface area contributed by atoms with Crippen LogP contribution in [0.15, 0.2) is 78.2 Å². The van der Waals surface area contributed by atoms with Gasteiger partial charge >= 0.3 is 0 Å². The molecular formula is C21H17N3O2. The zero-order valence-electron chi connectivity index (χ0n) is 14.0. The fraction of sp³-hybridized carbons (Fsp3) is 0.143. The van der Waals surface area contributed by atoms with Crippen molar-refractivity contribution in [2.75, 3.05) is 0 Å². The minimum absolute atomic E-state index is 0.127. The molecule has 0 bridgehead atoms. The van der Waals surface area contributed by atoms with Crippen LogP contribution in [0.1, 0.15) is 35.4 Å².